The Labute approximate surface area is 130 Å². The molecular formula is C18H31N3. The first-order valence-electron chi connectivity index (χ1n) is 8.33. The minimum absolute atomic E-state index is 0.394. The Balaban J connectivity index is 1.79. The number of hydrogen-bond acceptors (Lipinski definition) is 3. The SMILES string of the molecule is CCC(C)NC1CN(c2ccc(CCC(C)(C)C)cn2)C1. The average Bonchev–Trinajstić information content (AvgIpc) is 2.40. The van der Waals surface area contributed by atoms with Crippen LogP contribution in [-0.2, 0) is 6.42 Å². The number of aromatic nitrogens is 1. The first kappa shape index (κ1) is 16.3. The summed E-state index contributed by atoms with van der Waals surface area (Å²) >= 11 is 0. The van der Waals surface area contributed by atoms with Gasteiger partial charge in [0.1, 0.15) is 5.82 Å². The molecule has 1 unspecified atom stereocenters. The van der Waals surface area contributed by atoms with Gasteiger partial charge in [-0.1, -0.05) is 33.8 Å². The summed E-state index contributed by atoms with van der Waals surface area (Å²) in [6.45, 7) is 13.5. The molecule has 0 saturated carbocycles. The molecule has 0 aromatic carbocycles. The van der Waals surface area contributed by atoms with Crippen molar-refractivity contribution < 1.29 is 0 Å². The quantitative estimate of drug-likeness (QED) is 0.866. The highest BCUT2D eigenvalue weighted by Gasteiger charge is 2.28. The third kappa shape index (κ3) is 4.99. The lowest BCUT2D eigenvalue weighted by atomic mass is 9.89. The number of nitrogens with one attached hydrogen (secondary N) is 1. The zero-order chi connectivity index (χ0) is 15.5. The Morgan fingerprint density at radius 3 is 2.57 bits per heavy atom. The van der Waals surface area contributed by atoms with Crippen LogP contribution in [0.3, 0.4) is 0 Å². The number of aryl methyl sites for hydroxylation is 1. The molecule has 1 fully saturated rings. The molecule has 2 rings (SSSR count). The van der Waals surface area contributed by atoms with Crippen LogP contribution in [-0.4, -0.2) is 30.2 Å². The van der Waals surface area contributed by atoms with Crippen LogP contribution in [0.2, 0.25) is 0 Å². The van der Waals surface area contributed by atoms with E-state index >= 15 is 0 Å². The van der Waals surface area contributed by atoms with Crippen LogP contribution >= 0.6 is 0 Å². The fourth-order valence-electron chi connectivity index (χ4n) is 2.56. The van der Waals surface area contributed by atoms with Gasteiger partial charge in [-0.05, 0) is 43.2 Å². The van der Waals surface area contributed by atoms with E-state index in [1.54, 1.807) is 0 Å². The molecule has 0 radical (unpaired) electrons. The van der Waals surface area contributed by atoms with Crippen molar-refractivity contribution in [2.45, 2.75) is 66.0 Å². The number of anilines is 1. The van der Waals surface area contributed by atoms with Crippen molar-refractivity contribution in [3.63, 3.8) is 0 Å². The van der Waals surface area contributed by atoms with Crippen LogP contribution in [0.5, 0.6) is 0 Å². The zero-order valence-electron chi connectivity index (χ0n) is 14.3. The molecule has 1 aliphatic rings. The number of pyridine rings is 1. The molecule has 2 heterocycles. The lowest BCUT2D eigenvalue weighted by Crippen LogP contribution is -2.60. The summed E-state index contributed by atoms with van der Waals surface area (Å²) in [6.07, 6.45) is 5.57. The molecule has 0 aliphatic carbocycles. The minimum atomic E-state index is 0.394. The molecular weight excluding hydrogens is 258 g/mol. The first-order chi connectivity index (χ1) is 9.87. The van der Waals surface area contributed by atoms with Gasteiger partial charge in [0, 0.05) is 31.4 Å². The summed E-state index contributed by atoms with van der Waals surface area (Å²) in [4.78, 5) is 6.99. The first-order valence-corrected chi connectivity index (χ1v) is 8.33. The lowest BCUT2D eigenvalue weighted by molar-refractivity contribution is 0.371. The second-order valence-corrected chi connectivity index (χ2v) is 7.66. The topological polar surface area (TPSA) is 28.2 Å². The number of nitrogens with zero attached hydrogens (tertiary/aromatic N) is 2. The van der Waals surface area contributed by atoms with Gasteiger partial charge in [0.15, 0.2) is 0 Å². The van der Waals surface area contributed by atoms with E-state index in [9.17, 15) is 0 Å². The largest absolute Gasteiger partial charge is 0.353 e. The second-order valence-electron chi connectivity index (χ2n) is 7.66. The van der Waals surface area contributed by atoms with E-state index in [1.165, 1.54) is 18.4 Å². The molecule has 3 nitrogen and oxygen atoms in total. The fraction of sp³-hybridized carbons (Fsp3) is 0.722. The van der Waals surface area contributed by atoms with E-state index in [-0.39, 0.29) is 0 Å². The van der Waals surface area contributed by atoms with E-state index in [0.717, 1.165) is 25.3 Å². The van der Waals surface area contributed by atoms with E-state index in [2.05, 4.69) is 68.1 Å². The number of rotatable bonds is 6. The highest BCUT2D eigenvalue weighted by molar-refractivity contribution is 5.43. The minimum Gasteiger partial charge on any atom is -0.353 e. The summed E-state index contributed by atoms with van der Waals surface area (Å²) in [6, 6.07) is 5.66. The summed E-state index contributed by atoms with van der Waals surface area (Å²) in [5.74, 6) is 1.12. The molecule has 1 aromatic heterocycles. The smallest absolute Gasteiger partial charge is 0.128 e. The van der Waals surface area contributed by atoms with Gasteiger partial charge in [-0.3, -0.25) is 0 Å². The van der Waals surface area contributed by atoms with E-state index in [1.807, 2.05) is 0 Å². The van der Waals surface area contributed by atoms with Gasteiger partial charge in [-0.25, -0.2) is 4.98 Å². The van der Waals surface area contributed by atoms with E-state index in [0.29, 0.717) is 17.5 Å². The van der Waals surface area contributed by atoms with E-state index in [4.69, 9.17) is 0 Å². The van der Waals surface area contributed by atoms with Crippen LogP contribution in [0.15, 0.2) is 18.3 Å². The molecule has 0 amide bonds. The maximum absolute atomic E-state index is 4.63. The highest BCUT2D eigenvalue weighted by atomic mass is 15.3. The molecule has 118 valence electrons. The molecule has 1 atom stereocenters. The predicted molar refractivity (Wildman–Crippen MR) is 90.9 cm³/mol. The van der Waals surface area contributed by atoms with Crippen molar-refractivity contribution in [2.24, 2.45) is 5.41 Å². The molecule has 0 spiro atoms. The summed E-state index contributed by atoms with van der Waals surface area (Å²) < 4.78 is 0. The Kier molecular flexibility index (Phi) is 5.26. The third-order valence-electron chi connectivity index (χ3n) is 4.31. The van der Waals surface area contributed by atoms with Crippen molar-refractivity contribution in [3.8, 4) is 0 Å². The van der Waals surface area contributed by atoms with Gasteiger partial charge in [0.05, 0.1) is 0 Å². The maximum Gasteiger partial charge on any atom is 0.128 e. The van der Waals surface area contributed by atoms with Crippen LogP contribution in [0, 0.1) is 5.41 Å². The molecule has 0 bridgehead atoms. The van der Waals surface area contributed by atoms with Gasteiger partial charge in [-0.2, -0.15) is 0 Å². The van der Waals surface area contributed by atoms with Crippen LogP contribution in [0.25, 0.3) is 0 Å². The Morgan fingerprint density at radius 1 is 1.33 bits per heavy atom. The maximum atomic E-state index is 4.63. The Bertz CT molecular complexity index is 427. The van der Waals surface area contributed by atoms with Crippen molar-refractivity contribution in [2.75, 3.05) is 18.0 Å². The van der Waals surface area contributed by atoms with Crippen molar-refractivity contribution in [1.82, 2.24) is 10.3 Å². The molecule has 1 aromatic rings. The molecule has 3 heteroatoms. The Morgan fingerprint density at radius 2 is 2.05 bits per heavy atom. The lowest BCUT2D eigenvalue weighted by Gasteiger charge is -2.41. The zero-order valence-corrected chi connectivity index (χ0v) is 14.3. The van der Waals surface area contributed by atoms with Crippen molar-refractivity contribution in [3.05, 3.63) is 23.9 Å². The fourth-order valence-corrected chi connectivity index (χ4v) is 2.56. The molecule has 21 heavy (non-hydrogen) atoms. The summed E-state index contributed by atoms with van der Waals surface area (Å²) in [7, 11) is 0. The third-order valence-corrected chi connectivity index (χ3v) is 4.31. The van der Waals surface area contributed by atoms with Gasteiger partial charge >= 0.3 is 0 Å². The summed E-state index contributed by atoms with van der Waals surface area (Å²) in [5, 5.41) is 3.64. The highest BCUT2D eigenvalue weighted by Crippen LogP contribution is 2.23. The number of hydrogen-bond donors (Lipinski definition) is 1. The standard InChI is InChI=1S/C18H31N3/c1-6-14(2)20-16-12-21(13-16)17-8-7-15(11-19-17)9-10-18(3,4)5/h7-8,11,14,16,20H,6,9-10,12-13H2,1-5H3. The van der Waals surface area contributed by atoms with Crippen LogP contribution in [0.4, 0.5) is 5.82 Å². The van der Waals surface area contributed by atoms with Crippen molar-refractivity contribution in [1.29, 1.82) is 0 Å². The Hall–Kier alpha value is -1.09. The van der Waals surface area contributed by atoms with Gasteiger partial charge in [-0.15, -0.1) is 0 Å². The van der Waals surface area contributed by atoms with Crippen molar-refractivity contribution >= 4 is 5.82 Å². The van der Waals surface area contributed by atoms with Gasteiger partial charge in [0.25, 0.3) is 0 Å². The summed E-state index contributed by atoms with van der Waals surface area (Å²) in [5.41, 5.74) is 1.74. The van der Waals surface area contributed by atoms with E-state index < -0.39 is 0 Å². The molecule has 1 saturated heterocycles. The second kappa shape index (κ2) is 6.78. The van der Waals surface area contributed by atoms with Gasteiger partial charge in [0.2, 0.25) is 0 Å². The van der Waals surface area contributed by atoms with Crippen LogP contribution < -0.4 is 10.2 Å². The van der Waals surface area contributed by atoms with Crippen LogP contribution in [0.1, 0.15) is 53.0 Å². The molecule has 1 N–H and O–H groups in total. The van der Waals surface area contributed by atoms with Gasteiger partial charge < -0.3 is 10.2 Å². The average molecular weight is 289 g/mol. The predicted octanol–water partition coefficient (Wildman–Crippen LogP) is 3.64. The normalized spacial score (nSPS) is 17.7. The monoisotopic (exact) mass is 289 g/mol. The molecule has 1 aliphatic heterocycles.